The van der Waals surface area contributed by atoms with Crippen LogP contribution in [0.25, 0.3) is 0 Å². The largest absolute Gasteiger partial charge is 0.339 e. The summed E-state index contributed by atoms with van der Waals surface area (Å²) in [6.07, 6.45) is 2.48. The van der Waals surface area contributed by atoms with E-state index in [-0.39, 0.29) is 30.5 Å². The van der Waals surface area contributed by atoms with Gasteiger partial charge >= 0.3 is 0 Å². The standard InChI is InChI=1S/C15H23N3O4S/c1-4-18(9-13-16-14(22-17-13)7-11(2)3)15(19)8-12-5-6-23(20,21)10-12/h5-6,11-12H,4,7-10H2,1-3H3. The lowest BCUT2D eigenvalue weighted by atomic mass is 10.1. The van der Waals surface area contributed by atoms with Crippen LogP contribution in [-0.4, -0.2) is 41.7 Å². The van der Waals surface area contributed by atoms with E-state index in [1.807, 2.05) is 6.92 Å². The Hall–Kier alpha value is -1.70. The minimum absolute atomic E-state index is 0.0110. The highest BCUT2D eigenvalue weighted by Crippen LogP contribution is 2.19. The van der Waals surface area contributed by atoms with Gasteiger partial charge in [0.2, 0.25) is 11.8 Å². The van der Waals surface area contributed by atoms with Crippen molar-refractivity contribution in [3.63, 3.8) is 0 Å². The zero-order chi connectivity index (χ0) is 17.0. The van der Waals surface area contributed by atoms with Crippen LogP contribution in [0.1, 0.15) is 38.9 Å². The van der Waals surface area contributed by atoms with Gasteiger partial charge in [-0.05, 0) is 12.8 Å². The molecule has 1 aliphatic heterocycles. The van der Waals surface area contributed by atoms with E-state index < -0.39 is 9.84 Å². The monoisotopic (exact) mass is 341 g/mol. The van der Waals surface area contributed by atoms with Crippen molar-refractivity contribution in [2.45, 2.75) is 40.2 Å². The third kappa shape index (κ3) is 5.16. The van der Waals surface area contributed by atoms with Crippen molar-refractivity contribution in [3.8, 4) is 0 Å². The number of hydrogen-bond donors (Lipinski definition) is 0. The Balaban J connectivity index is 1.93. The highest BCUT2D eigenvalue weighted by Gasteiger charge is 2.26. The number of carbonyl (C=O) groups is 1. The Kier molecular flexibility index (Phi) is 5.56. The zero-order valence-corrected chi connectivity index (χ0v) is 14.5. The van der Waals surface area contributed by atoms with Gasteiger partial charge in [-0.2, -0.15) is 4.98 Å². The summed E-state index contributed by atoms with van der Waals surface area (Å²) in [5.74, 6) is 1.13. The number of carbonyl (C=O) groups excluding carboxylic acids is 1. The Morgan fingerprint density at radius 3 is 2.78 bits per heavy atom. The number of sulfone groups is 1. The summed E-state index contributed by atoms with van der Waals surface area (Å²) in [6.45, 7) is 6.79. The fourth-order valence-corrected chi connectivity index (χ4v) is 3.85. The molecule has 128 valence electrons. The van der Waals surface area contributed by atoms with Crippen molar-refractivity contribution in [1.29, 1.82) is 0 Å². The van der Waals surface area contributed by atoms with E-state index in [1.54, 1.807) is 11.0 Å². The van der Waals surface area contributed by atoms with Gasteiger partial charge in [-0.25, -0.2) is 8.42 Å². The molecule has 0 aromatic carbocycles. The lowest BCUT2D eigenvalue weighted by molar-refractivity contribution is -0.132. The molecule has 23 heavy (non-hydrogen) atoms. The lowest BCUT2D eigenvalue weighted by Gasteiger charge is -2.20. The predicted octanol–water partition coefficient (Wildman–Crippen LogP) is 1.57. The molecule has 0 saturated heterocycles. The first-order chi connectivity index (χ1) is 10.8. The molecule has 0 radical (unpaired) electrons. The van der Waals surface area contributed by atoms with Crippen LogP contribution in [0.5, 0.6) is 0 Å². The highest BCUT2D eigenvalue weighted by atomic mass is 32.2. The summed E-state index contributed by atoms with van der Waals surface area (Å²) in [4.78, 5) is 18.2. The summed E-state index contributed by atoms with van der Waals surface area (Å²) >= 11 is 0. The average molecular weight is 341 g/mol. The van der Waals surface area contributed by atoms with Gasteiger partial charge in [0.05, 0.1) is 12.3 Å². The Bertz CT molecular complexity index is 679. The van der Waals surface area contributed by atoms with Gasteiger partial charge in [0.1, 0.15) is 0 Å². The lowest BCUT2D eigenvalue weighted by Crippen LogP contribution is -2.32. The van der Waals surface area contributed by atoms with Crippen LogP contribution in [0, 0.1) is 11.8 Å². The SMILES string of the molecule is CCN(Cc1noc(CC(C)C)n1)C(=O)CC1C=CS(=O)(=O)C1. The molecule has 8 heteroatoms. The van der Waals surface area contributed by atoms with Crippen LogP contribution < -0.4 is 0 Å². The molecule has 1 aromatic rings. The maximum atomic E-state index is 12.3. The summed E-state index contributed by atoms with van der Waals surface area (Å²) in [6, 6.07) is 0. The fraction of sp³-hybridized carbons (Fsp3) is 0.667. The van der Waals surface area contributed by atoms with Crippen LogP contribution in [0.2, 0.25) is 0 Å². The van der Waals surface area contributed by atoms with E-state index in [4.69, 9.17) is 4.52 Å². The smallest absolute Gasteiger partial charge is 0.226 e. The fourth-order valence-electron chi connectivity index (χ4n) is 2.45. The average Bonchev–Trinajstić information content (AvgIpc) is 3.01. The van der Waals surface area contributed by atoms with Crippen molar-refractivity contribution in [3.05, 3.63) is 23.2 Å². The van der Waals surface area contributed by atoms with E-state index >= 15 is 0 Å². The second-order valence-corrected chi connectivity index (χ2v) is 8.16. The Labute approximate surface area is 136 Å². The van der Waals surface area contributed by atoms with Crippen molar-refractivity contribution in [1.82, 2.24) is 15.0 Å². The Morgan fingerprint density at radius 2 is 2.22 bits per heavy atom. The number of aromatic nitrogens is 2. The van der Waals surface area contributed by atoms with Crippen molar-refractivity contribution in [2.24, 2.45) is 11.8 Å². The first kappa shape index (κ1) is 17.7. The van der Waals surface area contributed by atoms with Gasteiger partial charge in [-0.1, -0.05) is 25.1 Å². The number of amides is 1. The molecule has 0 saturated carbocycles. The van der Waals surface area contributed by atoms with E-state index in [1.165, 1.54) is 5.41 Å². The van der Waals surface area contributed by atoms with Gasteiger partial charge in [0.25, 0.3) is 0 Å². The molecule has 1 unspecified atom stereocenters. The maximum Gasteiger partial charge on any atom is 0.226 e. The molecule has 2 rings (SSSR count). The molecule has 1 aromatic heterocycles. The predicted molar refractivity (Wildman–Crippen MR) is 85.0 cm³/mol. The van der Waals surface area contributed by atoms with E-state index in [0.717, 1.165) is 0 Å². The molecule has 1 aliphatic rings. The number of hydrogen-bond acceptors (Lipinski definition) is 6. The minimum Gasteiger partial charge on any atom is -0.339 e. The van der Waals surface area contributed by atoms with Gasteiger partial charge in [0.15, 0.2) is 15.7 Å². The molecular weight excluding hydrogens is 318 g/mol. The molecule has 0 spiro atoms. The number of allylic oxidation sites excluding steroid dienone is 1. The van der Waals surface area contributed by atoms with E-state index in [9.17, 15) is 13.2 Å². The number of rotatable bonds is 7. The third-order valence-electron chi connectivity index (χ3n) is 3.60. The van der Waals surface area contributed by atoms with Gasteiger partial charge in [-0.15, -0.1) is 0 Å². The first-order valence-corrected chi connectivity index (χ1v) is 9.50. The second-order valence-electron chi connectivity index (χ2n) is 6.23. The van der Waals surface area contributed by atoms with Gasteiger partial charge in [-0.3, -0.25) is 4.79 Å². The summed E-state index contributed by atoms with van der Waals surface area (Å²) in [5, 5.41) is 5.10. The van der Waals surface area contributed by atoms with Gasteiger partial charge in [0, 0.05) is 30.7 Å². The van der Waals surface area contributed by atoms with Crippen LogP contribution in [0.3, 0.4) is 0 Å². The van der Waals surface area contributed by atoms with Gasteiger partial charge < -0.3 is 9.42 Å². The van der Waals surface area contributed by atoms with E-state index in [2.05, 4.69) is 24.0 Å². The normalized spacial score (nSPS) is 19.4. The molecule has 7 nitrogen and oxygen atoms in total. The molecule has 1 atom stereocenters. The maximum absolute atomic E-state index is 12.3. The second kappa shape index (κ2) is 7.25. The van der Waals surface area contributed by atoms with Crippen LogP contribution in [-0.2, 0) is 27.6 Å². The van der Waals surface area contributed by atoms with Crippen LogP contribution in [0.15, 0.2) is 16.0 Å². The molecule has 1 amide bonds. The first-order valence-electron chi connectivity index (χ1n) is 7.79. The van der Waals surface area contributed by atoms with Crippen molar-refractivity contribution < 1.29 is 17.7 Å². The molecular formula is C15H23N3O4S. The molecule has 0 bridgehead atoms. The quantitative estimate of drug-likeness (QED) is 0.747. The van der Waals surface area contributed by atoms with Crippen LogP contribution >= 0.6 is 0 Å². The van der Waals surface area contributed by atoms with Crippen LogP contribution in [0.4, 0.5) is 0 Å². The molecule has 0 aliphatic carbocycles. The van der Waals surface area contributed by atoms with Crippen molar-refractivity contribution >= 4 is 15.7 Å². The Morgan fingerprint density at radius 1 is 1.48 bits per heavy atom. The summed E-state index contributed by atoms with van der Waals surface area (Å²) in [5.41, 5.74) is 0. The highest BCUT2D eigenvalue weighted by molar-refractivity contribution is 7.94. The summed E-state index contributed by atoms with van der Waals surface area (Å²) in [7, 11) is -3.13. The molecule has 2 heterocycles. The topological polar surface area (TPSA) is 93.4 Å². The molecule has 0 N–H and O–H groups in total. The van der Waals surface area contributed by atoms with Crippen molar-refractivity contribution in [2.75, 3.05) is 12.3 Å². The third-order valence-corrected chi connectivity index (χ3v) is 5.07. The van der Waals surface area contributed by atoms with E-state index in [0.29, 0.717) is 30.6 Å². The summed E-state index contributed by atoms with van der Waals surface area (Å²) < 4.78 is 28.0. The zero-order valence-electron chi connectivity index (χ0n) is 13.7. The number of nitrogens with zero attached hydrogens (tertiary/aromatic N) is 3. The molecule has 0 fully saturated rings. The minimum atomic E-state index is -3.13.